The average Bonchev–Trinajstić information content (AvgIpc) is 2.28. The molecule has 0 spiro atoms. The Hall–Kier alpha value is -0.120. The van der Waals surface area contributed by atoms with Gasteiger partial charge in [-0.1, -0.05) is 13.8 Å². The Bertz CT molecular complexity index is 196. The van der Waals surface area contributed by atoms with Gasteiger partial charge in [-0.2, -0.15) is 0 Å². The largest absolute Gasteiger partial charge is 0.383 e. The normalized spacial score (nSPS) is 22.6. The Balaban J connectivity index is 2.08. The van der Waals surface area contributed by atoms with Crippen LogP contribution in [0.15, 0.2) is 0 Å². The summed E-state index contributed by atoms with van der Waals surface area (Å²) >= 11 is 0. The van der Waals surface area contributed by atoms with Gasteiger partial charge < -0.3 is 14.8 Å². The lowest BCUT2D eigenvalue weighted by Crippen LogP contribution is -2.34. The summed E-state index contributed by atoms with van der Waals surface area (Å²) in [4.78, 5) is 0. The molecule has 0 aromatic rings. The van der Waals surface area contributed by atoms with Crippen LogP contribution < -0.4 is 5.32 Å². The zero-order valence-electron chi connectivity index (χ0n) is 11.9. The maximum absolute atomic E-state index is 6.06. The van der Waals surface area contributed by atoms with Crippen molar-refractivity contribution in [3.63, 3.8) is 0 Å². The molecule has 0 heterocycles. The standard InChI is InChI=1S/C14H29NO2/c1-12(11-15-9-10-16-4)17-13-5-7-14(2,3)8-6-13/h12-13,15H,5-11H2,1-4H3. The van der Waals surface area contributed by atoms with E-state index in [1.54, 1.807) is 7.11 Å². The van der Waals surface area contributed by atoms with Crippen molar-refractivity contribution in [2.24, 2.45) is 5.41 Å². The van der Waals surface area contributed by atoms with Crippen molar-refractivity contribution >= 4 is 0 Å². The predicted octanol–water partition coefficient (Wildman–Crippen LogP) is 2.60. The number of methoxy groups -OCH3 is 1. The molecule has 0 aliphatic heterocycles. The van der Waals surface area contributed by atoms with Crippen LogP contribution in [-0.2, 0) is 9.47 Å². The first-order valence-corrected chi connectivity index (χ1v) is 6.88. The van der Waals surface area contributed by atoms with Crippen LogP contribution in [0, 0.1) is 5.41 Å². The van der Waals surface area contributed by atoms with Crippen LogP contribution in [0.4, 0.5) is 0 Å². The van der Waals surface area contributed by atoms with E-state index in [-0.39, 0.29) is 0 Å². The summed E-state index contributed by atoms with van der Waals surface area (Å²) in [5.41, 5.74) is 0.528. The molecule has 1 saturated carbocycles. The van der Waals surface area contributed by atoms with E-state index in [0.717, 1.165) is 19.7 Å². The van der Waals surface area contributed by atoms with E-state index < -0.39 is 0 Å². The molecule has 0 aromatic carbocycles. The zero-order valence-corrected chi connectivity index (χ0v) is 11.9. The van der Waals surface area contributed by atoms with E-state index in [2.05, 4.69) is 26.1 Å². The number of hydrogen-bond donors (Lipinski definition) is 1. The Labute approximate surface area is 106 Å². The van der Waals surface area contributed by atoms with Crippen molar-refractivity contribution in [3.05, 3.63) is 0 Å². The lowest BCUT2D eigenvalue weighted by molar-refractivity contribution is -0.0367. The quantitative estimate of drug-likeness (QED) is 0.697. The molecule has 0 bridgehead atoms. The van der Waals surface area contributed by atoms with E-state index in [4.69, 9.17) is 9.47 Å². The first kappa shape index (κ1) is 14.9. The fourth-order valence-corrected chi connectivity index (χ4v) is 2.37. The smallest absolute Gasteiger partial charge is 0.0675 e. The molecule has 17 heavy (non-hydrogen) atoms. The fourth-order valence-electron chi connectivity index (χ4n) is 2.37. The van der Waals surface area contributed by atoms with Gasteiger partial charge in [0.25, 0.3) is 0 Å². The lowest BCUT2D eigenvalue weighted by Gasteiger charge is -2.35. The highest BCUT2D eigenvalue weighted by Crippen LogP contribution is 2.36. The van der Waals surface area contributed by atoms with Crippen LogP contribution in [0.25, 0.3) is 0 Å². The molecule has 1 N–H and O–H groups in total. The fraction of sp³-hybridized carbons (Fsp3) is 1.00. The van der Waals surface area contributed by atoms with Gasteiger partial charge in [-0.3, -0.25) is 0 Å². The second kappa shape index (κ2) is 7.34. The summed E-state index contributed by atoms with van der Waals surface area (Å²) in [6.45, 7) is 9.47. The second-order valence-electron chi connectivity index (χ2n) is 6.01. The van der Waals surface area contributed by atoms with Crippen LogP contribution >= 0.6 is 0 Å². The Morgan fingerprint density at radius 1 is 1.29 bits per heavy atom. The molecule has 3 heteroatoms. The molecule has 1 fully saturated rings. The Morgan fingerprint density at radius 2 is 1.94 bits per heavy atom. The molecule has 0 radical (unpaired) electrons. The van der Waals surface area contributed by atoms with E-state index in [0.29, 0.717) is 17.6 Å². The molecule has 0 saturated heterocycles. The van der Waals surface area contributed by atoms with Gasteiger partial charge in [0.05, 0.1) is 18.8 Å². The molecular formula is C14H29NO2. The van der Waals surface area contributed by atoms with Crippen LogP contribution in [0.3, 0.4) is 0 Å². The molecular weight excluding hydrogens is 214 g/mol. The molecule has 102 valence electrons. The van der Waals surface area contributed by atoms with Gasteiger partial charge in [0.15, 0.2) is 0 Å². The third-order valence-corrected chi connectivity index (χ3v) is 3.63. The SMILES string of the molecule is COCCNCC(C)OC1CCC(C)(C)CC1. The van der Waals surface area contributed by atoms with E-state index in [9.17, 15) is 0 Å². The molecule has 1 rings (SSSR count). The second-order valence-corrected chi connectivity index (χ2v) is 6.01. The maximum atomic E-state index is 6.06. The van der Waals surface area contributed by atoms with Crippen molar-refractivity contribution in [1.29, 1.82) is 0 Å². The Morgan fingerprint density at radius 3 is 2.53 bits per heavy atom. The third kappa shape index (κ3) is 6.39. The number of ether oxygens (including phenoxy) is 2. The highest BCUT2D eigenvalue weighted by atomic mass is 16.5. The van der Waals surface area contributed by atoms with Crippen LogP contribution in [0.2, 0.25) is 0 Å². The zero-order chi connectivity index (χ0) is 12.7. The average molecular weight is 243 g/mol. The van der Waals surface area contributed by atoms with Crippen molar-refractivity contribution in [2.45, 2.75) is 58.7 Å². The van der Waals surface area contributed by atoms with Crippen molar-refractivity contribution in [1.82, 2.24) is 5.32 Å². The van der Waals surface area contributed by atoms with E-state index in [1.165, 1.54) is 25.7 Å². The monoisotopic (exact) mass is 243 g/mol. The Kier molecular flexibility index (Phi) is 6.45. The van der Waals surface area contributed by atoms with Gasteiger partial charge in [0.2, 0.25) is 0 Å². The molecule has 0 aromatic heterocycles. The summed E-state index contributed by atoms with van der Waals surface area (Å²) < 4.78 is 11.1. The van der Waals surface area contributed by atoms with Gasteiger partial charge >= 0.3 is 0 Å². The van der Waals surface area contributed by atoms with Crippen LogP contribution in [0.5, 0.6) is 0 Å². The van der Waals surface area contributed by atoms with Gasteiger partial charge in [-0.15, -0.1) is 0 Å². The molecule has 0 amide bonds. The molecule has 1 aliphatic rings. The van der Waals surface area contributed by atoms with Crippen molar-refractivity contribution < 1.29 is 9.47 Å². The highest BCUT2D eigenvalue weighted by Gasteiger charge is 2.27. The van der Waals surface area contributed by atoms with Gasteiger partial charge in [0.1, 0.15) is 0 Å². The van der Waals surface area contributed by atoms with Crippen molar-refractivity contribution in [3.8, 4) is 0 Å². The summed E-state index contributed by atoms with van der Waals surface area (Å²) in [6, 6.07) is 0. The first-order valence-electron chi connectivity index (χ1n) is 6.88. The summed E-state index contributed by atoms with van der Waals surface area (Å²) in [7, 11) is 1.73. The summed E-state index contributed by atoms with van der Waals surface area (Å²) in [5.74, 6) is 0. The minimum Gasteiger partial charge on any atom is -0.383 e. The van der Waals surface area contributed by atoms with E-state index in [1.807, 2.05) is 0 Å². The molecule has 1 unspecified atom stereocenters. The first-order chi connectivity index (χ1) is 8.03. The number of rotatable bonds is 7. The van der Waals surface area contributed by atoms with Gasteiger partial charge in [-0.25, -0.2) is 0 Å². The predicted molar refractivity (Wildman–Crippen MR) is 71.3 cm³/mol. The number of hydrogen-bond acceptors (Lipinski definition) is 3. The minimum atomic E-state index is 0.304. The van der Waals surface area contributed by atoms with E-state index >= 15 is 0 Å². The number of nitrogens with one attached hydrogen (secondary N) is 1. The van der Waals surface area contributed by atoms with Gasteiger partial charge in [0, 0.05) is 20.2 Å². The molecule has 3 nitrogen and oxygen atoms in total. The minimum absolute atomic E-state index is 0.304. The third-order valence-electron chi connectivity index (χ3n) is 3.63. The summed E-state index contributed by atoms with van der Waals surface area (Å²) in [5, 5.41) is 3.34. The highest BCUT2D eigenvalue weighted by molar-refractivity contribution is 4.79. The van der Waals surface area contributed by atoms with Crippen LogP contribution in [0.1, 0.15) is 46.5 Å². The lowest BCUT2D eigenvalue weighted by atomic mass is 9.76. The maximum Gasteiger partial charge on any atom is 0.0675 e. The molecule has 1 aliphatic carbocycles. The summed E-state index contributed by atoms with van der Waals surface area (Å²) in [6.07, 6.45) is 5.80. The van der Waals surface area contributed by atoms with Gasteiger partial charge in [-0.05, 0) is 38.0 Å². The molecule has 1 atom stereocenters. The van der Waals surface area contributed by atoms with Crippen molar-refractivity contribution in [2.75, 3.05) is 26.8 Å². The topological polar surface area (TPSA) is 30.5 Å². The van der Waals surface area contributed by atoms with Crippen LogP contribution in [-0.4, -0.2) is 39.0 Å².